The zero-order valence-electron chi connectivity index (χ0n) is 6.94. The minimum Gasteiger partial charge on any atom is -0.428 e. The minimum absolute atomic E-state index is 0.379. The highest BCUT2D eigenvalue weighted by Crippen LogP contribution is 2.30. The summed E-state index contributed by atoms with van der Waals surface area (Å²) in [5.74, 6) is 1.23. The van der Waals surface area contributed by atoms with Crippen LogP contribution < -0.4 is 5.73 Å². The first kappa shape index (κ1) is 7.73. The van der Waals surface area contributed by atoms with Gasteiger partial charge in [0, 0.05) is 12.0 Å². The van der Waals surface area contributed by atoms with Crippen LogP contribution in [0, 0.1) is 0 Å². The van der Waals surface area contributed by atoms with Gasteiger partial charge in [-0.05, 0) is 25.7 Å². The van der Waals surface area contributed by atoms with Crippen LogP contribution in [0.1, 0.15) is 37.5 Å². The summed E-state index contributed by atoms with van der Waals surface area (Å²) >= 11 is 0. The summed E-state index contributed by atoms with van der Waals surface area (Å²) < 4.78 is 5.15. The quantitative estimate of drug-likeness (QED) is 0.679. The van der Waals surface area contributed by atoms with Crippen LogP contribution in [0.4, 0.5) is 0 Å². The second-order valence-corrected chi connectivity index (χ2v) is 3.39. The van der Waals surface area contributed by atoms with Crippen molar-refractivity contribution in [2.75, 3.05) is 0 Å². The molecule has 66 valence electrons. The highest BCUT2D eigenvalue weighted by molar-refractivity contribution is 4.92. The van der Waals surface area contributed by atoms with E-state index in [1.54, 1.807) is 0 Å². The molecule has 2 rings (SSSR count). The Morgan fingerprint density at radius 2 is 2.08 bits per heavy atom. The van der Waals surface area contributed by atoms with Gasteiger partial charge in [-0.3, -0.25) is 0 Å². The average Bonchev–Trinajstić information content (AvgIpc) is 2.58. The largest absolute Gasteiger partial charge is 0.428 e. The molecule has 0 bridgehead atoms. The molecule has 0 aromatic carbocycles. The van der Waals surface area contributed by atoms with Gasteiger partial charge in [0.1, 0.15) is 0 Å². The molecule has 0 unspecified atom stereocenters. The first-order chi connectivity index (χ1) is 5.86. The van der Waals surface area contributed by atoms with E-state index in [4.69, 9.17) is 10.2 Å². The molecule has 4 heteroatoms. The number of nitrogens with two attached hydrogens (primary N) is 1. The molecule has 1 heterocycles. The second-order valence-electron chi connectivity index (χ2n) is 3.39. The normalized spacial score (nSPS) is 30.4. The Labute approximate surface area is 71.2 Å². The molecule has 4 nitrogen and oxygen atoms in total. The molecule has 1 aliphatic rings. The van der Waals surface area contributed by atoms with E-state index in [0.717, 1.165) is 31.6 Å². The van der Waals surface area contributed by atoms with Gasteiger partial charge in [-0.1, -0.05) is 0 Å². The van der Waals surface area contributed by atoms with Crippen molar-refractivity contribution in [3.05, 3.63) is 12.3 Å². The Balaban J connectivity index is 1.99. The van der Waals surface area contributed by atoms with Crippen molar-refractivity contribution in [1.29, 1.82) is 0 Å². The van der Waals surface area contributed by atoms with E-state index in [-0.39, 0.29) is 0 Å². The van der Waals surface area contributed by atoms with Crippen LogP contribution in [0.3, 0.4) is 0 Å². The maximum Gasteiger partial charge on any atom is 0.219 e. The van der Waals surface area contributed by atoms with Crippen molar-refractivity contribution >= 4 is 0 Å². The maximum absolute atomic E-state index is 5.78. The molecule has 1 fully saturated rings. The highest BCUT2D eigenvalue weighted by Gasteiger charge is 2.23. The van der Waals surface area contributed by atoms with Gasteiger partial charge in [0.15, 0.2) is 0 Å². The first-order valence-electron chi connectivity index (χ1n) is 4.38. The van der Waals surface area contributed by atoms with E-state index in [2.05, 4.69) is 10.2 Å². The van der Waals surface area contributed by atoms with Gasteiger partial charge >= 0.3 is 0 Å². The summed E-state index contributed by atoms with van der Waals surface area (Å²) in [7, 11) is 0. The fourth-order valence-corrected chi connectivity index (χ4v) is 1.73. The molecule has 0 spiro atoms. The van der Waals surface area contributed by atoms with Crippen molar-refractivity contribution < 1.29 is 4.42 Å². The lowest BCUT2D eigenvalue weighted by Crippen LogP contribution is -2.25. The van der Waals surface area contributed by atoms with E-state index in [9.17, 15) is 0 Å². The van der Waals surface area contributed by atoms with Gasteiger partial charge in [-0.25, -0.2) is 0 Å². The molecular formula is C8H13N3O. The van der Waals surface area contributed by atoms with Crippen LogP contribution >= 0.6 is 0 Å². The molecule has 12 heavy (non-hydrogen) atoms. The topological polar surface area (TPSA) is 64.9 Å². The molecule has 1 aliphatic carbocycles. The lowest BCUT2D eigenvalue weighted by Gasteiger charge is -2.22. The van der Waals surface area contributed by atoms with E-state index in [1.165, 1.54) is 6.39 Å². The second kappa shape index (κ2) is 3.23. The summed E-state index contributed by atoms with van der Waals surface area (Å²) in [4.78, 5) is 0. The molecule has 0 amide bonds. The first-order valence-corrected chi connectivity index (χ1v) is 4.38. The Morgan fingerprint density at radius 1 is 1.33 bits per heavy atom. The molecular weight excluding hydrogens is 154 g/mol. The van der Waals surface area contributed by atoms with Gasteiger partial charge < -0.3 is 10.2 Å². The van der Waals surface area contributed by atoms with Gasteiger partial charge in [0.2, 0.25) is 12.3 Å². The van der Waals surface area contributed by atoms with E-state index < -0.39 is 0 Å². The van der Waals surface area contributed by atoms with Gasteiger partial charge in [0.05, 0.1) is 0 Å². The smallest absolute Gasteiger partial charge is 0.219 e. The van der Waals surface area contributed by atoms with Crippen molar-refractivity contribution in [2.45, 2.75) is 37.6 Å². The summed E-state index contributed by atoms with van der Waals surface area (Å²) in [5.41, 5.74) is 5.78. The number of nitrogens with zero attached hydrogens (tertiary/aromatic N) is 2. The van der Waals surface area contributed by atoms with Crippen molar-refractivity contribution in [1.82, 2.24) is 10.2 Å². The molecule has 1 aromatic heterocycles. The third kappa shape index (κ3) is 1.48. The minimum atomic E-state index is 0.379. The third-order valence-electron chi connectivity index (χ3n) is 2.50. The number of hydrogen-bond donors (Lipinski definition) is 1. The van der Waals surface area contributed by atoms with Crippen LogP contribution in [-0.4, -0.2) is 16.2 Å². The zero-order valence-corrected chi connectivity index (χ0v) is 6.94. The molecule has 1 aromatic rings. The molecule has 0 aliphatic heterocycles. The Hall–Kier alpha value is -0.900. The van der Waals surface area contributed by atoms with Crippen molar-refractivity contribution in [3.8, 4) is 0 Å². The van der Waals surface area contributed by atoms with Gasteiger partial charge in [-0.2, -0.15) is 0 Å². The van der Waals surface area contributed by atoms with Crippen LogP contribution in [0.15, 0.2) is 10.8 Å². The molecule has 1 saturated carbocycles. The maximum atomic E-state index is 5.78. The lowest BCUT2D eigenvalue weighted by molar-refractivity contribution is 0.339. The molecule has 0 radical (unpaired) electrons. The Kier molecular flexibility index (Phi) is 2.08. The van der Waals surface area contributed by atoms with Gasteiger partial charge in [0.25, 0.3) is 0 Å². The van der Waals surface area contributed by atoms with Crippen LogP contribution in [0.2, 0.25) is 0 Å². The van der Waals surface area contributed by atoms with Crippen molar-refractivity contribution in [2.24, 2.45) is 5.73 Å². The summed E-state index contributed by atoms with van der Waals surface area (Å²) in [6.45, 7) is 0. The molecule has 2 N–H and O–H groups in total. The van der Waals surface area contributed by atoms with Crippen molar-refractivity contribution in [3.63, 3.8) is 0 Å². The average molecular weight is 167 g/mol. The van der Waals surface area contributed by atoms with Crippen LogP contribution in [-0.2, 0) is 0 Å². The number of rotatable bonds is 1. The number of aromatic nitrogens is 2. The zero-order chi connectivity index (χ0) is 8.39. The summed E-state index contributed by atoms with van der Waals surface area (Å²) in [5, 5.41) is 7.58. The lowest BCUT2D eigenvalue weighted by atomic mass is 9.86. The van der Waals surface area contributed by atoms with E-state index >= 15 is 0 Å². The fourth-order valence-electron chi connectivity index (χ4n) is 1.73. The monoisotopic (exact) mass is 167 g/mol. The third-order valence-corrected chi connectivity index (χ3v) is 2.50. The Bertz CT molecular complexity index is 226. The fraction of sp³-hybridized carbons (Fsp3) is 0.750. The van der Waals surface area contributed by atoms with Crippen LogP contribution in [0.5, 0.6) is 0 Å². The van der Waals surface area contributed by atoms with E-state index in [0.29, 0.717) is 12.0 Å². The summed E-state index contributed by atoms with van der Waals surface area (Å²) in [6, 6.07) is 0.379. The summed E-state index contributed by atoms with van der Waals surface area (Å²) in [6.07, 6.45) is 5.72. The Morgan fingerprint density at radius 3 is 2.67 bits per heavy atom. The SMILES string of the molecule is N[C@H]1CC[C@H](c2nnco2)CC1. The predicted octanol–water partition coefficient (Wildman–Crippen LogP) is 1.05. The molecule has 0 atom stereocenters. The van der Waals surface area contributed by atoms with E-state index in [1.807, 2.05) is 0 Å². The standard InChI is InChI=1S/C8H13N3O/c9-7-3-1-6(2-4-7)8-11-10-5-12-8/h5-7H,1-4,9H2/t6-,7-. The predicted molar refractivity (Wildman–Crippen MR) is 43.5 cm³/mol. The number of hydrogen-bond acceptors (Lipinski definition) is 4. The highest BCUT2D eigenvalue weighted by atomic mass is 16.4. The van der Waals surface area contributed by atoms with Gasteiger partial charge in [-0.15, -0.1) is 10.2 Å². The van der Waals surface area contributed by atoms with Crippen LogP contribution in [0.25, 0.3) is 0 Å². The molecule has 0 saturated heterocycles.